The van der Waals surface area contributed by atoms with Crippen LogP contribution in [0.1, 0.15) is 23.2 Å². The molecule has 30 heavy (non-hydrogen) atoms. The summed E-state index contributed by atoms with van der Waals surface area (Å²) in [5, 5.41) is 7.57. The zero-order valence-corrected chi connectivity index (χ0v) is 17.1. The number of rotatable bonds is 6. The highest BCUT2D eigenvalue weighted by Crippen LogP contribution is 2.25. The summed E-state index contributed by atoms with van der Waals surface area (Å²) >= 11 is 6.11. The first-order valence-corrected chi connectivity index (χ1v) is 10.2. The van der Waals surface area contributed by atoms with Gasteiger partial charge in [-0.1, -0.05) is 41.9 Å². The Morgan fingerprint density at radius 1 is 1.10 bits per heavy atom. The van der Waals surface area contributed by atoms with Crippen molar-refractivity contribution in [3.63, 3.8) is 0 Å². The van der Waals surface area contributed by atoms with Crippen molar-refractivity contribution >= 4 is 29.0 Å². The number of anilines is 1. The second-order valence-corrected chi connectivity index (χ2v) is 7.77. The van der Waals surface area contributed by atoms with Gasteiger partial charge in [-0.25, -0.2) is 9.67 Å². The summed E-state index contributed by atoms with van der Waals surface area (Å²) in [4.78, 5) is 31.3. The van der Waals surface area contributed by atoms with Gasteiger partial charge in [-0.2, -0.15) is 5.10 Å². The summed E-state index contributed by atoms with van der Waals surface area (Å²) < 4.78 is 1.58. The van der Waals surface area contributed by atoms with Crippen LogP contribution in [0.5, 0.6) is 0 Å². The molecule has 0 spiro atoms. The number of aromatic nitrogens is 3. The molecule has 1 amide bonds. The van der Waals surface area contributed by atoms with Gasteiger partial charge in [0, 0.05) is 16.5 Å². The summed E-state index contributed by atoms with van der Waals surface area (Å²) in [5.41, 5.74) is 2.03. The van der Waals surface area contributed by atoms with Gasteiger partial charge in [-0.3, -0.25) is 14.5 Å². The zero-order chi connectivity index (χ0) is 20.9. The largest absolute Gasteiger partial charge is 0.323 e. The molecule has 1 saturated heterocycles. The van der Waals surface area contributed by atoms with E-state index in [1.54, 1.807) is 29.2 Å². The minimum atomic E-state index is -0.133. The number of likely N-dealkylation sites (tertiary alicyclic amines) is 1. The van der Waals surface area contributed by atoms with Gasteiger partial charge in [0.25, 0.3) is 0 Å². The van der Waals surface area contributed by atoms with Crippen LogP contribution in [0, 0.1) is 5.92 Å². The van der Waals surface area contributed by atoms with Crippen molar-refractivity contribution < 1.29 is 9.59 Å². The molecule has 0 saturated carbocycles. The maximum absolute atomic E-state index is 12.6. The van der Waals surface area contributed by atoms with E-state index in [1.807, 2.05) is 30.3 Å². The average Bonchev–Trinajstić information content (AvgIpc) is 3.29. The molecule has 0 unspecified atom stereocenters. The maximum Gasteiger partial charge on any atom is 0.238 e. The van der Waals surface area contributed by atoms with Crippen LogP contribution in [-0.2, 0) is 4.79 Å². The maximum atomic E-state index is 12.6. The van der Waals surface area contributed by atoms with E-state index in [1.165, 1.54) is 6.33 Å². The van der Waals surface area contributed by atoms with Crippen molar-refractivity contribution in [2.75, 3.05) is 25.0 Å². The third-order valence-electron chi connectivity index (χ3n) is 5.28. The van der Waals surface area contributed by atoms with Crippen LogP contribution in [-0.4, -0.2) is 51.0 Å². The molecule has 0 bridgehead atoms. The van der Waals surface area contributed by atoms with Crippen molar-refractivity contribution in [2.24, 2.45) is 5.92 Å². The molecular weight excluding hydrogens is 402 g/mol. The molecule has 1 aliphatic heterocycles. The molecule has 3 aromatic rings. The minimum Gasteiger partial charge on any atom is -0.323 e. The molecule has 0 radical (unpaired) electrons. The summed E-state index contributed by atoms with van der Waals surface area (Å²) in [6.45, 7) is 1.68. The van der Waals surface area contributed by atoms with Crippen LogP contribution in [0.3, 0.4) is 0 Å². The zero-order valence-electron chi connectivity index (χ0n) is 16.4. The van der Waals surface area contributed by atoms with Gasteiger partial charge in [0.1, 0.15) is 12.7 Å². The number of nitrogens with one attached hydrogen (secondary N) is 1. The highest BCUT2D eigenvalue weighted by Gasteiger charge is 2.26. The fourth-order valence-corrected chi connectivity index (χ4v) is 3.90. The number of piperidine rings is 1. The standard InChI is InChI=1S/C22H22ClN5O2/c23-18-6-7-20(28-15-24-14-25-28)19(12-18)26-21(29)13-27-10-8-17(9-11-27)22(30)16-4-2-1-3-5-16/h1-7,12,14-15,17H,8-11,13H2,(H,26,29). The van der Waals surface area contributed by atoms with Crippen LogP contribution < -0.4 is 5.32 Å². The smallest absolute Gasteiger partial charge is 0.238 e. The van der Waals surface area contributed by atoms with E-state index >= 15 is 0 Å². The Labute approximate surface area is 179 Å². The molecule has 0 aliphatic carbocycles. The van der Waals surface area contributed by atoms with E-state index in [0.29, 0.717) is 29.5 Å². The van der Waals surface area contributed by atoms with Crippen molar-refractivity contribution in [1.29, 1.82) is 0 Å². The van der Waals surface area contributed by atoms with Gasteiger partial charge in [0.15, 0.2) is 5.78 Å². The lowest BCUT2D eigenvalue weighted by Gasteiger charge is -2.30. The van der Waals surface area contributed by atoms with Crippen molar-refractivity contribution in [2.45, 2.75) is 12.8 Å². The van der Waals surface area contributed by atoms with Crippen LogP contribution in [0.15, 0.2) is 61.2 Å². The SMILES string of the molecule is O=C(CN1CCC(C(=O)c2ccccc2)CC1)Nc1cc(Cl)ccc1-n1cncn1. The molecule has 1 aromatic heterocycles. The van der Waals surface area contributed by atoms with Gasteiger partial charge >= 0.3 is 0 Å². The molecule has 1 aliphatic rings. The molecule has 2 aromatic carbocycles. The number of hydrogen-bond donors (Lipinski definition) is 1. The monoisotopic (exact) mass is 423 g/mol. The number of carbonyl (C=O) groups excluding carboxylic acids is 2. The van der Waals surface area contributed by atoms with E-state index in [2.05, 4.69) is 20.3 Å². The van der Waals surface area contributed by atoms with Crippen LogP contribution in [0.4, 0.5) is 5.69 Å². The number of benzene rings is 2. The quantitative estimate of drug-likeness (QED) is 0.614. The van der Waals surface area contributed by atoms with E-state index in [0.717, 1.165) is 18.4 Å². The van der Waals surface area contributed by atoms with E-state index in [4.69, 9.17) is 11.6 Å². The minimum absolute atomic E-state index is 0.0126. The lowest BCUT2D eigenvalue weighted by Crippen LogP contribution is -2.40. The Balaban J connectivity index is 1.34. The van der Waals surface area contributed by atoms with Crippen molar-refractivity contribution in [3.8, 4) is 5.69 Å². The number of nitrogens with zero attached hydrogens (tertiary/aromatic N) is 4. The van der Waals surface area contributed by atoms with Gasteiger partial charge in [-0.15, -0.1) is 0 Å². The molecule has 154 valence electrons. The molecule has 8 heteroatoms. The van der Waals surface area contributed by atoms with E-state index < -0.39 is 0 Å². The Hall–Kier alpha value is -3.03. The molecule has 0 atom stereocenters. The Morgan fingerprint density at radius 3 is 2.57 bits per heavy atom. The number of hydrogen-bond acceptors (Lipinski definition) is 5. The van der Waals surface area contributed by atoms with Gasteiger partial charge in [-0.05, 0) is 44.1 Å². The molecule has 7 nitrogen and oxygen atoms in total. The molecular formula is C22H22ClN5O2. The number of amides is 1. The van der Waals surface area contributed by atoms with Crippen molar-refractivity contribution in [3.05, 3.63) is 71.8 Å². The summed E-state index contributed by atoms with van der Waals surface area (Å²) in [6, 6.07) is 14.6. The topological polar surface area (TPSA) is 80.1 Å². The highest BCUT2D eigenvalue weighted by molar-refractivity contribution is 6.31. The lowest BCUT2D eigenvalue weighted by molar-refractivity contribution is -0.117. The molecule has 4 rings (SSSR count). The Kier molecular flexibility index (Phi) is 6.21. The first-order chi connectivity index (χ1) is 14.6. The third-order valence-corrected chi connectivity index (χ3v) is 5.52. The lowest BCUT2D eigenvalue weighted by atomic mass is 9.89. The van der Waals surface area contributed by atoms with Crippen molar-refractivity contribution in [1.82, 2.24) is 19.7 Å². The normalized spacial score (nSPS) is 15.1. The highest BCUT2D eigenvalue weighted by atomic mass is 35.5. The predicted molar refractivity (Wildman–Crippen MR) is 115 cm³/mol. The first kappa shape index (κ1) is 20.3. The number of ketones is 1. The Morgan fingerprint density at radius 2 is 1.87 bits per heavy atom. The second-order valence-electron chi connectivity index (χ2n) is 7.33. The van der Waals surface area contributed by atoms with Gasteiger partial charge < -0.3 is 5.32 Å². The van der Waals surface area contributed by atoms with Crippen LogP contribution >= 0.6 is 11.6 Å². The third kappa shape index (κ3) is 4.75. The number of halogens is 1. The predicted octanol–water partition coefficient (Wildman–Crippen LogP) is 3.45. The Bertz CT molecular complexity index is 1020. The molecule has 1 N–H and O–H groups in total. The van der Waals surface area contributed by atoms with Gasteiger partial charge in [0.05, 0.1) is 17.9 Å². The van der Waals surface area contributed by atoms with Crippen LogP contribution in [0.25, 0.3) is 5.69 Å². The summed E-state index contributed by atoms with van der Waals surface area (Å²) in [5.74, 6) is 0.0705. The summed E-state index contributed by atoms with van der Waals surface area (Å²) in [7, 11) is 0. The molecule has 2 heterocycles. The number of Topliss-reactive ketones (excluding diaryl/α,β-unsaturated/α-hetero) is 1. The fraction of sp³-hybridized carbons (Fsp3) is 0.273. The molecule has 1 fully saturated rings. The first-order valence-electron chi connectivity index (χ1n) is 9.86. The fourth-order valence-electron chi connectivity index (χ4n) is 3.72. The van der Waals surface area contributed by atoms with E-state index in [9.17, 15) is 9.59 Å². The van der Waals surface area contributed by atoms with E-state index in [-0.39, 0.29) is 24.2 Å². The summed E-state index contributed by atoms with van der Waals surface area (Å²) in [6.07, 6.45) is 4.50. The average molecular weight is 424 g/mol. The van der Waals surface area contributed by atoms with Gasteiger partial charge in [0.2, 0.25) is 5.91 Å². The van der Waals surface area contributed by atoms with Crippen LogP contribution in [0.2, 0.25) is 5.02 Å². The second kappa shape index (κ2) is 9.19. The number of carbonyl (C=O) groups is 2.